The maximum absolute atomic E-state index is 12.5. The number of hydrogen-bond acceptors (Lipinski definition) is 8. The van der Waals surface area contributed by atoms with Crippen LogP contribution in [0, 0.1) is 0 Å². The normalized spacial score (nSPS) is 27.7. The zero-order chi connectivity index (χ0) is 22.3. The van der Waals surface area contributed by atoms with Crippen molar-refractivity contribution in [1.29, 1.82) is 0 Å². The molecular formula is C22H23ClO8. The molecule has 31 heavy (non-hydrogen) atoms. The van der Waals surface area contributed by atoms with Gasteiger partial charge in [-0.2, -0.15) is 0 Å². The first kappa shape index (κ1) is 22.0. The van der Waals surface area contributed by atoms with Crippen molar-refractivity contribution in [2.75, 3.05) is 20.3 Å². The number of ketones is 1. The molecule has 0 radical (unpaired) electrons. The molecule has 2 heterocycles. The molecule has 0 bridgehead atoms. The fraction of sp³-hybridized carbons (Fsp3) is 0.409. The smallest absolute Gasteiger partial charge is 0.205 e. The molecule has 0 aliphatic carbocycles. The molecule has 1 saturated heterocycles. The maximum atomic E-state index is 12.5. The quantitative estimate of drug-likeness (QED) is 0.532. The summed E-state index contributed by atoms with van der Waals surface area (Å²) in [5.41, 5.74) is 2.04. The Labute approximate surface area is 183 Å². The van der Waals surface area contributed by atoms with E-state index in [1.807, 2.05) is 24.3 Å². The predicted octanol–water partition coefficient (Wildman–Crippen LogP) is 1.03. The molecule has 0 amide bonds. The molecule has 0 unspecified atom stereocenters. The zero-order valence-electron chi connectivity index (χ0n) is 16.7. The lowest BCUT2D eigenvalue weighted by Crippen LogP contribution is -2.55. The van der Waals surface area contributed by atoms with Crippen molar-refractivity contribution < 1.29 is 39.4 Å². The SMILES string of the molecule is COc1ccc(Cc2cc([C@@H]3O[C@H](CO)[C@@H](O)[C@H](O)[C@@H]3O)c3c(c2Cl)C(=O)CO3)cc1. The number of methoxy groups -OCH3 is 1. The van der Waals surface area contributed by atoms with Crippen LogP contribution in [-0.4, -0.2) is 70.9 Å². The number of Topliss-reactive ketones (excluding diaryl/α,β-unsaturated/α-hetero) is 1. The van der Waals surface area contributed by atoms with Gasteiger partial charge in [0.05, 0.1) is 24.3 Å². The van der Waals surface area contributed by atoms with Gasteiger partial charge in [0.15, 0.2) is 6.61 Å². The molecule has 2 aromatic carbocycles. The highest BCUT2D eigenvalue weighted by molar-refractivity contribution is 6.35. The van der Waals surface area contributed by atoms with Crippen molar-refractivity contribution in [1.82, 2.24) is 0 Å². The van der Waals surface area contributed by atoms with Crippen LogP contribution >= 0.6 is 11.6 Å². The first-order valence-electron chi connectivity index (χ1n) is 9.80. The lowest BCUT2D eigenvalue weighted by molar-refractivity contribution is -0.232. The second-order valence-electron chi connectivity index (χ2n) is 7.63. The number of halogens is 1. The van der Waals surface area contributed by atoms with Crippen LogP contribution in [0.25, 0.3) is 0 Å². The van der Waals surface area contributed by atoms with E-state index in [1.165, 1.54) is 0 Å². The summed E-state index contributed by atoms with van der Waals surface area (Å²) in [7, 11) is 1.57. The molecule has 4 rings (SSSR count). The summed E-state index contributed by atoms with van der Waals surface area (Å²) < 4.78 is 16.4. The second-order valence-corrected chi connectivity index (χ2v) is 8.01. The van der Waals surface area contributed by atoms with E-state index in [9.17, 15) is 25.2 Å². The number of carbonyl (C=O) groups is 1. The van der Waals surface area contributed by atoms with Gasteiger partial charge in [0.1, 0.15) is 42.0 Å². The molecule has 0 saturated carbocycles. The minimum absolute atomic E-state index is 0.179. The molecule has 0 aromatic heterocycles. The monoisotopic (exact) mass is 450 g/mol. The number of aliphatic hydroxyl groups is 4. The van der Waals surface area contributed by atoms with Crippen LogP contribution in [0.5, 0.6) is 11.5 Å². The third kappa shape index (κ3) is 3.91. The molecule has 166 valence electrons. The number of hydrogen-bond donors (Lipinski definition) is 4. The van der Waals surface area contributed by atoms with Crippen LogP contribution < -0.4 is 9.47 Å². The summed E-state index contributed by atoms with van der Waals surface area (Å²) in [6, 6.07) is 9.02. The highest BCUT2D eigenvalue weighted by atomic mass is 35.5. The van der Waals surface area contributed by atoms with Crippen LogP contribution in [0.4, 0.5) is 0 Å². The Bertz CT molecular complexity index is 974. The zero-order valence-corrected chi connectivity index (χ0v) is 17.5. The van der Waals surface area contributed by atoms with Crippen molar-refractivity contribution in [3.8, 4) is 11.5 Å². The van der Waals surface area contributed by atoms with Gasteiger partial charge in [0.25, 0.3) is 0 Å². The fourth-order valence-corrected chi connectivity index (χ4v) is 4.31. The molecule has 5 atom stereocenters. The van der Waals surface area contributed by atoms with E-state index >= 15 is 0 Å². The molecule has 8 nitrogen and oxygen atoms in total. The minimum atomic E-state index is -1.55. The third-order valence-electron chi connectivity index (χ3n) is 5.70. The van der Waals surface area contributed by atoms with Gasteiger partial charge >= 0.3 is 0 Å². The number of ether oxygens (including phenoxy) is 3. The summed E-state index contributed by atoms with van der Waals surface area (Å²) in [6.45, 7) is -0.763. The third-order valence-corrected chi connectivity index (χ3v) is 6.13. The van der Waals surface area contributed by atoms with Crippen molar-refractivity contribution >= 4 is 17.4 Å². The molecule has 9 heteroatoms. The maximum Gasteiger partial charge on any atom is 0.205 e. The summed E-state index contributed by atoms with van der Waals surface area (Å²) in [5, 5.41) is 40.6. The highest BCUT2D eigenvalue weighted by Crippen LogP contribution is 2.45. The Morgan fingerprint density at radius 1 is 1.13 bits per heavy atom. The van der Waals surface area contributed by atoms with Crippen LogP contribution in [0.3, 0.4) is 0 Å². The lowest BCUT2D eigenvalue weighted by Gasteiger charge is -2.40. The Kier molecular flexibility index (Phi) is 6.20. The van der Waals surface area contributed by atoms with Crippen molar-refractivity contribution in [3.63, 3.8) is 0 Å². The van der Waals surface area contributed by atoms with E-state index in [-0.39, 0.29) is 28.7 Å². The van der Waals surface area contributed by atoms with Gasteiger partial charge in [0, 0.05) is 5.56 Å². The first-order chi connectivity index (χ1) is 14.8. The fourth-order valence-electron chi connectivity index (χ4n) is 4.00. The Hall–Kier alpha value is -2.20. The summed E-state index contributed by atoms with van der Waals surface area (Å²) in [4.78, 5) is 12.5. The topological polar surface area (TPSA) is 126 Å². The van der Waals surface area contributed by atoms with Crippen LogP contribution in [-0.2, 0) is 11.2 Å². The lowest BCUT2D eigenvalue weighted by atomic mass is 9.88. The van der Waals surface area contributed by atoms with Crippen molar-refractivity contribution in [2.24, 2.45) is 0 Å². The van der Waals surface area contributed by atoms with E-state index in [4.69, 9.17) is 25.8 Å². The van der Waals surface area contributed by atoms with Crippen LogP contribution in [0.15, 0.2) is 30.3 Å². The number of rotatable bonds is 5. The first-order valence-corrected chi connectivity index (χ1v) is 10.2. The van der Waals surface area contributed by atoms with E-state index in [1.54, 1.807) is 13.2 Å². The van der Waals surface area contributed by atoms with Gasteiger partial charge in [-0.25, -0.2) is 0 Å². The number of fused-ring (bicyclic) bond motifs is 1. The van der Waals surface area contributed by atoms with Gasteiger partial charge < -0.3 is 34.6 Å². The summed E-state index contributed by atoms with van der Waals surface area (Å²) in [5.74, 6) is 0.578. The average molecular weight is 451 g/mol. The van der Waals surface area contributed by atoms with Crippen molar-refractivity contribution in [3.05, 3.63) is 57.6 Å². The van der Waals surface area contributed by atoms with Gasteiger partial charge in [-0.15, -0.1) is 0 Å². The van der Waals surface area contributed by atoms with E-state index in [0.717, 1.165) is 5.56 Å². The molecule has 4 N–H and O–H groups in total. The molecule has 2 aliphatic heterocycles. The van der Waals surface area contributed by atoms with E-state index in [0.29, 0.717) is 23.3 Å². The second kappa shape index (κ2) is 8.74. The van der Waals surface area contributed by atoms with Gasteiger partial charge in [-0.3, -0.25) is 4.79 Å². The number of aliphatic hydroxyl groups excluding tert-OH is 4. The molecule has 2 aromatic rings. The Balaban J connectivity index is 1.77. The van der Waals surface area contributed by atoms with Crippen molar-refractivity contribution in [2.45, 2.75) is 36.9 Å². The Morgan fingerprint density at radius 3 is 2.48 bits per heavy atom. The highest BCUT2D eigenvalue weighted by Gasteiger charge is 2.46. The van der Waals surface area contributed by atoms with Crippen LogP contribution in [0.2, 0.25) is 5.02 Å². The van der Waals surface area contributed by atoms with Gasteiger partial charge in [-0.05, 0) is 35.7 Å². The molecule has 0 spiro atoms. The molecular weight excluding hydrogens is 428 g/mol. The molecule has 1 fully saturated rings. The number of benzene rings is 2. The van der Waals surface area contributed by atoms with Gasteiger partial charge in [-0.1, -0.05) is 23.7 Å². The minimum Gasteiger partial charge on any atom is -0.497 e. The van der Waals surface area contributed by atoms with E-state index < -0.39 is 37.1 Å². The molecule has 2 aliphatic rings. The Morgan fingerprint density at radius 2 is 1.84 bits per heavy atom. The van der Waals surface area contributed by atoms with Crippen LogP contribution in [0.1, 0.15) is 33.2 Å². The van der Waals surface area contributed by atoms with Gasteiger partial charge in [0.2, 0.25) is 5.78 Å². The average Bonchev–Trinajstić information content (AvgIpc) is 3.17. The number of carbonyl (C=O) groups excluding carboxylic acids is 1. The standard InChI is InChI=1S/C22H23ClO8/c1-29-12-4-2-10(3-5-12)6-11-7-13(21-16(17(11)23)14(25)9-30-21)22-20(28)19(27)18(26)15(8-24)31-22/h2-5,7,15,18-20,22,24,26-28H,6,8-9H2,1H3/t15-,18-,19+,20+,22+/m1/s1. The summed E-state index contributed by atoms with van der Waals surface area (Å²) in [6.07, 6.45) is -6.38. The predicted molar refractivity (Wildman–Crippen MR) is 110 cm³/mol. The van der Waals surface area contributed by atoms with E-state index in [2.05, 4.69) is 0 Å². The summed E-state index contributed by atoms with van der Waals surface area (Å²) >= 11 is 6.55. The largest absolute Gasteiger partial charge is 0.497 e.